The van der Waals surface area contributed by atoms with Gasteiger partial charge >= 0.3 is 12.2 Å². The van der Waals surface area contributed by atoms with Crippen LogP contribution in [-0.2, 0) is 9.47 Å². The van der Waals surface area contributed by atoms with Gasteiger partial charge in [0.05, 0.1) is 0 Å². The predicted octanol–water partition coefficient (Wildman–Crippen LogP) is 6.20. The molecule has 10 heteroatoms. The molecule has 0 unspecified atom stereocenters. The van der Waals surface area contributed by atoms with E-state index in [2.05, 4.69) is 19.7 Å². The molecule has 2 heterocycles. The third-order valence-electron chi connectivity index (χ3n) is 5.72. The van der Waals surface area contributed by atoms with Crippen LogP contribution in [0.1, 0.15) is 96.6 Å². The van der Waals surface area contributed by atoms with Crippen LogP contribution in [-0.4, -0.2) is 43.8 Å². The summed E-state index contributed by atoms with van der Waals surface area (Å²) in [7, 11) is 0. The van der Waals surface area contributed by atoms with E-state index in [-0.39, 0.29) is 18.0 Å². The van der Waals surface area contributed by atoms with Crippen LogP contribution in [0.4, 0.5) is 15.5 Å². The number of imide groups is 1. The minimum Gasteiger partial charge on any atom is -0.474 e. The summed E-state index contributed by atoms with van der Waals surface area (Å²) in [5, 5.41) is 2.10. The van der Waals surface area contributed by atoms with Gasteiger partial charge in [-0.1, -0.05) is 0 Å². The van der Waals surface area contributed by atoms with E-state index in [9.17, 15) is 9.59 Å². The highest BCUT2D eigenvalue weighted by atomic mass is 32.1. The molecule has 2 aromatic heterocycles. The van der Waals surface area contributed by atoms with Gasteiger partial charge in [-0.05, 0) is 103 Å². The van der Waals surface area contributed by atoms with Gasteiger partial charge in [0.2, 0.25) is 11.8 Å². The Morgan fingerprint density at radius 1 is 0.914 bits per heavy atom. The molecule has 2 aromatic rings. The summed E-state index contributed by atoms with van der Waals surface area (Å²) in [5.41, 5.74) is 0.587. The number of anilines is 1. The zero-order chi connectivity index (χ0) is 25.4. The van der Waals surface area contributed by atoms with Gasteiger partial charge in [0.1, 0.15) is 17.3 Å². The van der Waals surface area contributed by atoms with Gasteiger partial charge in [0.25, 0.3) is 0 Å². The summed E-state index contributed by atoms with van der Waals surface area (Å²) in [6, 6.07) is 0. The van der Waals surface area contributed by atoms with Crippen molar-refractivity contribution in [3.63, 3.8) is 0 Å². The van der Waals surface area contributed by atoms with Gasteiger partial charge in [0, 0.05) is 23.3 Å². The highest BCUT2D eigenvalue weighted by molar-refractivity contribution is 7.03. The van der Waals surface area contributed by atoms with Crippen molar-refractivity contribution < 1.29 is 23.8 Å². The highest BCUT2D eigenvalue weighted by Gasteiger charge is 2.36. The van der Waals surface area contributed by atoms with Crippen LogP contribution in [0.15, 0.2) is 17.8 Å². The number of hydrogen-bond donors (Lipinski definition) is 0. The number of nitrogens with zero attached hydrogens (tertiary/aromatic N) is 4. The lowest BCUT2D eigenvalue weighted by Gasteiger charge is -2.27. The first-order valence-corrected chi connectivity index (χ1v) is 12.9. The van der Waals surface area contributed by atoms with Crippen molar-refractivity contribution in [1.82, 2.24) is 14.3 Å². The van der Waals surface area contributed by atoms with Crippen molar-refractivity contribution in [2.24, 2.45) is 0 Å². The summed E-state index contributed by atoms with van der Waals surface area (Å²) in [6.07, 6.45) is 6.79. The number of ether oxygens (including phenoxy) is 3. The maximum absolute atomic E-state index is 12.8. The molecular formula is C25H34N4O5S. The van der Waals surface area contributed by atoms with Crippen molar-refractivity contribution >= 4 is 29.7 Å². The van der Waals surface area contributed by atoms with Gasteiger partial charge < -0.3 is 14.2 Å². The smallest absolute Gasteiger partial charge is 0.427 e. The summed E-state index contributed by atoms with van der Waals surface area (Å²) in [4.78, 5) is 35.0. The molecule has 2 fully saturated rings. The quantitative estimate of drug-likeness (QED) is 0.476. The van der Waals surface area contributed by atoms with Crippen molar-refractivity contribution in [3.8, 4) is 5.88 Å². The Labute approximate surface area is 210 Å². The van der Waals surface area contributed by atoms with Crippen LogP contribution >= 0.6 is 11.5 Å². The van der Waals surface area contributed by atoms with Gasteiger partial charge in [0.15, 0.2) is 0 Å². The van der Waals surface area contributed by atoms with E-state index < -0.39 is 23.4 Å². The molecule has 2 aliphatic rings. The first-order valence-electron chi connectivity index (χ1n) is 12.1. The monoisotopic (exact) mass is 502 g/mol. The molecule has 2 saturated carbocycles. The molecule has 2 atom stereocenters. The largest absolute Gasteiger partial charge is 0.474 e. The SMILES string of the molecule is CC(C)(C)OC(=O)N(C(=O)OC(C)(C)C)c1ncc([C@@H]2CC[C@H](Oc3nscc3C3CC3)C2)cn1. The van der Waals surface area contributed by atoms with Gasteiger partial charge in [-0.25, -0.2) is 19.6 Å². The van der Waals surface area contributed by atoms with Crippen LogP contribution in [0.25, 0.3) is 0 Å². The van der Waals surface area contributed by atoms with Gasteiger partial charge in [-0.2, -0.15) is 4.37 Å². The van der Waals surface area contributed by atoms with E-state index in [0.717, 1.165) is 35.6 Å². The molecule has 4 rings (SSSR count). The number of carbonyl (C=O) groups is 2. The molecular weight excluding hydrogens is 468 g/mol. The normalized spacial score (nSPS) is 20.4. The molecule has 0 aliphatic heterocycles. The first-order chi connectivity index (χ1) is 16.4. The fraction of sp³-hybridized carbons (Fsp3) is 0.640. The lowest BCUT2D eigenvalue weighted by atomic mass is 10.0. The number of rotatable bonds is 5. The highest BCUT2D eigenvalue weighted by Crippen LogP contribution is 2.46. The molecule has 0 aromatic carbocycles. The Balaban J connectivity index is 1.44. The van der Waals surface area contributed by atoms with Crippen molar-refractivity contribution in [2.75, 3.05) is 4.90 Å². The Morgan fingerprint density at radius 3 is 2.03 bits per heavy atom. The molecule has 2 aliphatic carbocycles. The van der Waals surface area contributed by atoms with Crippen molar-refractivity contribution in [3.05, 3.63) is 28.9 Å². The topological polar surface area (TPSA) is 104 Å². The fourth-order valence-corrected chi connectivity index (χ4v) is 4.71. The summed E-state index contributed by atoms with van der Waals surface area (Å²) >= 11 is 1.46. The Morgan fingerprint density at radius 2 is 1.49 bits per heavy atom. The molecule has 9 nitrogen and oxygen atoms in total. The molecule has 2 amide bonds. The summed E-state index contributed by atoms with van der Waals surface area (Å²) in [5.74, 6) is 1.55. The molecule has 0 saturated heterocycles. The number of amides is 2. The van der Waals surface area contributed by atoms with E-state index in [4.69, 9.17) is 14.2 Å². The van der Waals surface area contributed by atoms with Crippen LogP contribution < -0.4 is 9.64 Å². The third-order valence-corrected chi connectivity index (χ3v) is 6.35. The van der Waals surface area contributed by atoms with E-state index in [0.29, 0.717) is 5.92 Å². The molecule has 190 valence electrons. The second kappa shape index (κ2) is 9.72. The minimum absolute atomic E-state index is 0.0837. The maximum atomic E-state index is 12.8. The Kier molecular flexibility index (Phi) is 7.04. The van der Waals surface area contributed by atoms with Gasteiger partial charge in [-0.15, -0.1) is 4.90 Å². The Bertz CT molecular complexity index is 1030. The molecule has 0 spiro atoms. The fourth-order valence-electron chi connectivity index (χ4n) is 4.01. The zero-order valence-electron chi connectivity index (χ0n) is 21.2. The van der Waals surface area contributed by atoms with Crippen LogP contribution in [0.2, 0.25) is 0 Å². The molecule has 0 N–H and O–H groups in total. The lowest BCUT2D eigenvalue weighted by molar-refractivity contribution is 0.0427. The van der Waals surface area contributed by atoms with E-state index in [1.54, 1.807) is 53.9 Å². The molecule has 0 radical (unpaired) electrons. The van der Waals surface area contributed by atoms with E-state index >= 15 is 0 Å². The van der Waals surface area contributed by atoms with Crippen molar-refractivity contribution in [1.29, 1.82) is 0 Å². The maximum Gasteiger partial charge on any atom is 0.427 e. The van der Waals surface area contributed by atoms with E-state index in [1.807, 2.05) is 0 Å². The second-order valence-electron chi connectivity index (χ2n) is 11.2. The number of hydrogen-bond acceptors (Lipinski definition) is 9. The van der Waals surface area contributed by atoms with E-state index in [1.165, 1.54) is 29.9 Å². The zero-order valence-corrected chi connectivity index (χ0v) is 22.1. The Hall–Kier alpha value is -2.75. The molecule has 35 heavy (non-hydrogen) atoms. The number of aromatic nitrogens is 3. The van der Waals surface area contributed by atoms with Crippen LogP contribution in [0.3, 0.4) is 0 Å². The summed E-state index contributed by atoms with van der Waals surface area (Å²) < 4.78 is 21.5. The van der Waals surface area contributed by atoms with Crippen LogP contribution in [0, 0.1) is 0 Å². The third kappa shape index (κ3) is 6.68. The first kappa shape index (κ1) is 25.3. The predicted molar refractivity (Wildman–Crippen MR) is 132 cm³/mol. The second-order valence-corrected chi connectivity index (χ2v) is 11.8. The lowest BCUT2D eigenvalue weighted by Crippen LogP contribution is -2.44. The average Bonchev–Trinajstić information content (AvgIpc) is 3.28. The van der Waals surface area contributed by atoms with Gasteiger partial charge in [-0.3, -0.25) is 0 Å². The minimum atomic E-state index is -0.886. The van der Waals surface area contributed by atoms with Crippen LogP contribution in [0.5, 0.6) is 5.88 Å². The summed E-state index contributed by atoms with van der Waals surface area (Å²) in [6.45, 7) is 10.3. The van der Waals surface area contributed by atoms with Crippen molar-refractivity contribution in [2.45, 2.75) is 103 Å². The number of carbonyl (C=O) groups excluding carboxylic acids is 2. The average molecular weight is 503 g/mol. The standard InChI is InChI=1S/C25H34N4O5S/c1-24(2,3)33-22(30)29(23(31)34-25(4,5)6)21-26-12-17(13-27-21)16-9-10-18(11-16)32-20-19(14-35-28-20)15-7-8-15/h12-16,18H,7-11H2,1-6H3/t16-,18+/m1/s1. The molecule has 0 bridgehead atoms.